The summed E-state index contributed by atoms with van der Waals surface area (Å²) >= 11 is 5.58. The zero-order chi connectivity index (χ0) is 16.3. The van der Waals surface area contributed by atoms with Gasteiger partial charge in [-0.15, -0.1) is 0 Å². The van der Waals surface area contributed by atoms with Crippen molar-refractivity contribution in [2.75, 3.05) is 12.3 Å². The maximum absolute atomic E-state index is 12.6. The molecule has 118 valence electrons. The molecule has 1 aromatic rings. The maximum atomic E-state index is 12.6. The van der Waals surface area contributed by atoms with Gasteiger partial charge in [0, 0.05) is 11.6 Å². The summed E-state index contributed by atoms with van der Waals surface area (Å²) in [5.74, 6) is -7.78. The summed E-state index contributed by atoms with van der Waals surface area (Å²) in [6.07, 6.45) is -4.16. The Labute approximate surface area is 123 Å². The van der Waals surface area contributed by atoms with Gasteiger partial charge in [0.2, 0.25) is 0 Å². The largest absolute Gasteiger partial charge is 0.383 e. The third kappa shape index (κ3) is 4.57. The smallest absolute Gasteiger partial charge is 0.350 e. The molecule has 0 heterocycles. The molecule has 0 spiro atoms. The van der Waals surface area contributed by atoms with Crippen LogP contribution in [0.15, 0.2) is 29.2 Å². The van der Waals surface area contributed by atoms with Crippen LogP contribution in [-0.4, -0.2) is 39.0 Å². The lowest BCUT2D eigenvalue weighted by Gasteiger charge is -2.14. The molecule has 0 aromatic heterocycles. The molecule has 0 aliphatic rings. The first kappa shape index (κ1) is 17.7. The predicted octanol–water partition coefficient (Wildman–Crippen LogP) is 2.13. The molecule has 1 N–H and O–H groups in total. The van der Waals surface area contributed by atoms with Crippen molar-refractivity contribution in [3.63, 3.8) is 0 Å². The van der Waals surface area contributed by atoms with Gasteiger partial charge in [0.25, 0.3) is 5.91 Å². The Morgan fingerprint density at radius 3 is 2.24 bits per heavy atom. The minimum absolute atomic E-state index is 0.123. The lowest BCUT2D eigenvalue weighted by Crippen LogP contribution is -2.46. The summed E-state index contributed by atoms with van der Waals surface area (Å²) in [6.45, 7) is -0.716. The van der Waals surface area contributed by atoms with Gasteiger partial charge in [-0.05, 0) is 24.3 Å². The van der Waals surface area contributed by atoms with Crippen molar-refractivity contribution in [2.24, 2.45) is 0 Å². The molecule has 0 saturated heterocycles. The average Bonchev–Trinajstić information content (AvgIpc) is 2.38. The summed E-state index contributed by atoms with van der Waals surface area (Å²) in [6, 6.07) is 5.04. The molecule has 0 aliphatic heterocycles. The van der Waals surface area contributed by atoms with E-state index >= 15 is 0 Å². The van der Waals surface area contributed by atoms with Crippen LogP contribution in [0.1, 0.15) is 0 Å². The molecule has 10 heteroatoms. The van der Waals surface area contributed by atoms with E-state index in [1.54, 1.807) is 0 Å². The fourth-order valence-electron chi connectivity index (χ4n) is 1.28. The van der Waals surface area contributed by atoms with E-state index in [0.717, 1.165) is 0 Å². The van der Waals surface area contributed by atoms with Gasteiger partial charge in [-0.2, -0.15) is 8.78 Å². The van der Waals surface area contributed by atoms with E-state index in [2.05, 4.69) is 0 Å². The summed E-state index contributed by atoms with van der Waals surface area (Å²) in [5, 5.41) is 1.77. The topological polar surface area (TPSA) is 63.2 Å². The molecule has 1 amide bonds. The molecule has 1 aromatic carbocycles. The van der Waals surface area contributed by atoms with E-state index in [1.165, 1.54) is 29.6 Å². The van der Waals surface area contributed by atoms with Gasteiger partial charge in [0.1, 0.15) is 0 Å². The normalized spacial score (nSPS) is 12.5. The van der Waals surface area contributed by atoms with Crippen molar-refractivity contribution in [1.29, 1.82) is 0 Å². The van der Waals surface area contributed by atoms with Crippen LogP contribution in [0.3, 0.4) is 0 Å². The van der Waals surface area contributed by atoms with Crippen LogP contribution in [-0.2, 0) is 14.6 Å². The number of sulfone groups is 1. The van der Waals surface area contributed by atoms with Gasteiger partial charge in [0.05, 0.1) is 10.6 Å². The number of hydrogen-bond acceptors (Lipinski definition) is 3. The monoisotopic (exact) mass is 347 g/mol. The summed E-state index contributed by atoms with van der Waals surface area (Å²) in [7, 11) is -3.84. The van der Waals surface area contributed by atoms with Crippen molar-refractivity contribution in [2.45, 2.75) is 17.2 Å². The number of amides is 1. The van der Waals surface area contributed by atoms with Gasteiger partial charge in [0.15, 0.2) is 9.84 Å². The van der Waals surface area contributed by atoms with Crippen LogP contribution in [0, 0.1) is 0 Å². The van der Waals surface area contributed by atoms with Crippen molar-refractivity contribution in [1.82, 2.24) is 5.32 Å². The van der Waals surface area contributed by atoms with E-state index < -0.39 is 40.4 Å². The van der Waals surface area contributed by atoms with Crippen molar-refractivity contribution in [3.05, 3.63) is 29.3 Å². The van der Waals surface area contributed by atoms with Crippen LogP contribution >= 0.6 is 11.6 Å². The number of carbonyl (C=O) groups is 1. The highest BCUT2D eigenvalue weighted by molar-refractivity contribution is 7.91. The second-order valence-corrected chi connectivity index (χ2v) is 6.50. The van der Waals surface area contributed by atoms with Crippen LogP contribution in [0.2, 0.25) is 5.02 Å². The second kappa shape index (κ2) is 6.61. The number of hydrogen-bond donors (Lipinski definition) is 1. The summed E-state index contributed by atoms with van der Waals surface area (Å²) < 4.78 is 72.5. The molecule has 21 heavy (non-hydrogen) atoms. The number of halogens is 5. The molecule has 0 saturated carbocycles. The van der Waals surface area contributed by atoms with Gasteiger partial charge >= 0.3 is 12.3 Å². The lowest BCUT2D eigenvalue weighted by atomic mass is 10.3. The molecule has 0 fully saturated rings. The van der Waals surface area contributed by atoms with E-state index in [-0.39, 0.29) is 4.90 Å². The minimum Gasteiger partial charge on any atom is -0.350 e. The first-order valence-electron chi connectivity index (χ1n) is 5.50. The van der Waals surface area contributed by atoms with E-state index in [4.69, 9.17) is 11.6 Å². The Morgan fingerprint density at radius 2 is 1.76 bits per heavy atom. The molecule has 0 aliphatic carbocycles. The maximum Gasteiger partial charge on any atom is 0.383 e. The Morgan fingerprint density at radius 1 is 1.24 bits per heavy atom. The molecule has 0 unspecified atom stereocenters. The number of benzene rings is 1. The van der Waals surface area contributed by atoms with Crippen LogP contribution in [0.5, 0.6) is 0 Å². The van der Waals surface area contributed by atoms with Gasteiger partial charge in [-0.1, -0.05) is 11.6 Å². The fraction of sp³-hybridized carbons (Fsp3) is 0.364. The molecule has 4 nitrogen and oxygen atoms in total. The first-order chi connectivity index (χ1) is 9.57. The molecular weight excluding hydrogens is 338 g/mol. The molecular formula is C11H10ClF4NO3S. The number of alkyl halides is 4. The van der Waals surface area contributed by atoms with Crippen molar-refractivity contribution < 1.29 is 30.8 Å². The quantitative estimate of drug-likeness (QED) is 0.802. The Kier molecular flexibility index (Phi) is 5.57. The SMILES string of the molecule is O=C(NCCS(=O)(=O)c1ccc(Cl)cc1)C(F)(F)C(F)F. The molecule has 1 rings (SSSR count). The lowest BCUT2D eigenvalue weighted by molar-refractivity contribution is -0.169. The Balaban J connectivity index is 2.63. The number of carbonyl (C=O) groups excluding carboxylic acids is 1. The number of nitrogens with one attached hydrogen (secondary N) is 1. The van der Waals surface area contributed by atoms with Gasteiger partial charge in [-0.3, -0.25) is 4.79 Å². The van der Waals surface area contributed by atoms with E-state index in [0.29, 0.717) is 5.02 Å². The van der Waals surface area contributed by atoms with Crippen LogP contribution in [0.25, 0.3) is 0 Å². The zero-order valence-corrected chi connectivity index (χ0v) is 11.9. The van der Waals surface area contributed by atoms with Crippen molar-refractivity contribution in [3.8, 4) is 0 Å². The summed E-state index contributed by atoms with van der Waals surface area (Å²) in [4.78, 5) is 10.7. The highest BCUT2D eigenvalue weighted by Crippen LogP contribution is 2.22. The van der Waals surface area contributed by atoms with E-state index in [1.807, 2.05) is 0 Å². The predicted molar refractivity (Wildman–Crippen MR) is 67.5 cm³/mol. The van der Waals surface area contributed by atoms with Crippen LogP contribution < -0.4 is 5.32 Å². The van der Waals surface area contributed by atoms with Crippen LogP contribution in [0.4, 0.5) is 17.6 Å². The fourth-order valence-corrected chi connectivity index (χ4v) is 2.56. The minimum atomic E-state index is -4.86. The van der Waals surface area contributed by atoms with Gasteiger partial charge in [-0.25, -0.2) is 17.2 Å². The third-order valence-electron chi connectivity index (χ3n) is 2.41. The highest BCUT2D eigenvalue weighted by Gasteiger charge is 2.48. The van der Waals surface area contributed by atoms with Crippen molar-refractivity contribution >= 4 is 27.3 Å². The summed E-state index contributed by atoms with van der Waals surface area (Å²) in [5.41, 5.74) is 0. The number of rotatable bonds is 6. The third-order valence-corrected chi connectivity index (χ3v) is 4.39. The first-order valence-corrected chi connectivity index (χ1v) is 7.53. The van der Waals surface area contributed by atoms with Gasteiger partial charge < -0.3 is 5.32 Å². The standard InChI is InChI=1S/C11H10ClF4NO3S/c12-7-1-3-8(4-2-7)21(19,20)6-5-17-10(18)11(15,16)9(13)14/h1-4,9H,5-6H2,(H,17,18). The molecule has 0 bridgehead atoms. The Bertz CT molecular complexity index is 604. The second-order valence-electron chi connectivity index (χ2n) is 3.95. The highest BCUT2D eigenvalue weighted by atomic mass is 35.5. The molecule has 0 radical (unpaired) electrons. The zero-order valence-electron chi connectivity index (χ0n) is 10.3. The Hall–Kier alpha value is -1.35. The van der Waals surface area contributed by atoms with E-state index in [9.17, 15) is 30.8 Å². The molecule has 0 atom stereocenters. The average molecular weight is 348 g/mol.